The van der Waals surface area contributed by atoms with Gasteiger partial charge in [0.05, 0.1) is 34.7 Å². The van der Waals surface area contributed by atoms with Crippen LogP contribution in [-0.2, 0) is 83.2 Å². The molecule has 6 aromatic rings. The molecule has 1 aliphatic rings. The van der Waals surface area contributed by atoms with Crippen LogP contribution < -0.4 is 0 Å². The van der Waals surface area contributed by atoms with Crippen molar-refractivity contribution < 1.29 is 57.3 Å². The van der Waals surface area contributed by atoms with E-state index >= 15 is 9.59 Å². The van der Waals surface area contributed by atoms with Crippen molar-refractivity contribution in [2.75, 3.05) is 28.2 Å². The van der Waals surface area contributed by atoms with Crippen LogP contribution in [0.2, 0.25) is 0 Å². The zero-order valence-electron chi connectivity index (χ0n) is 53.5. The van der Waals surface area contributed by atoms with E-state index in [1.165, 1.54) is 51.8 Å². The van der Waals surface area contributed by atoms with Crippen molar-refractivity contribution in [2.24, 2.45) is 23.7 Å². The van der Waals surface area contributed by atoms with Crippen LogP contribution in [0.15, 0.2) is 110 Å². The molecule has 1 aliphatic heterocycles. The fourth-order valence-electron chi connectivity index (χ4n) is 11.1. The predicted octanol–water partition coefficient (Wildman–Crippen LogP) is 8.46. The molecule has 1 fully saturated rings. The maximum Gasteiger partial charge on any atom is 0.329 e. The van der Waals surface area contributed by atoms with Crippen molar-refractivity contribution in [3.8, 4) is 0 Å². The van der Waals surface area contributed by atoms with Gasteiger partial charge in [0.1, 0.15) is 24.2 Å². The Hall–Kier alpha value is -8.42. The molecule has 1 saturated heterocycles. The molecule has 2 aromatic heterocycles. The van der Waals surface area contributed by atoms with Crippen LogP contribution in [0, 0.1) is 23.7 Å². The number of likely N-dealkylation sites (N-methyl/N-ethyl adjacent to an activating group) is 4. The number of rotatable bonds is 16. The number of carbonyl (C=O) groups excluding carboxylic acids is 8. The number of cyclic esters (lactones) is 4. The summed E-state index contributed by atoms with van der Waals surface area (Å²) in [7, 11) is 5.60. The minimum atomic E-state index is -1.54. The van der Waals surface area contributed by atoms with E-state index in [1.807, 2.05) is 162 Å². The molecule has 0 radical (unpaired) electrons. The summed E-state index contributed by atoms with van der Waals surface area (Å²) in [6.45, 7) is 18.6. The Labute approximate surface area is 516 Å². The van der Waals surface area contributed by atoms with Gasteiger partial charge in [0.25, 0.3) is 23.6 Å². The average molecular weight is 1210 g/mol. The van der Waals surface area contributed by atoms with Crippen molar-refractivity contribution in [1.29, 1.82) is 0 Å². The Bertz CT molecular complexity index is 3170. The van der Waals surface area contributed by atoms with Crippen LogP contribution in [-0.4, -0.2) is 163 Å². The summed E-state index contributed by atoms with van der Waals surface area (Å²) >= 11 is 0. The molecule has 4 amide bonds. The van der Waals surface area contributed by atoms with Gasteiger partial charge >= 0.3 is 23.9 Å². The first-order valence-electron chi connectivity index (χ1n) is 30.5. The fraction of sp³-hybridized carbons (Fsp3) is 0.500. The summed E-state index contributed by atoms with van der Waals surface area (Å²) < 4.78 is 28.4. The molecule has 7 rings (SSSR count). The number of aromatic nitrogens is 4. The monoisotopic (exact) mass is 1210 g/mol. The Morgan fingerprint density at radius 2 is 0.648 bits per heavy atom. The second-order valence-electron chi connectivity index (χ2n) is 25.2. The van der Waals surface area contributed by atoms with Gasteiger partial charge in [-0.05, 0) is 110 Å². The van der Waals surface area contributed by atoms with Crippen molar-refractivity contribution >= 4 is 69.6 Å². The van der Waals surface area contributed by atoms with Crippen molar-refractivity contribution in [2.45, 2.75) is 169 Å². The highest BCUT2D eigenvalue weighted by atomic mass is 16.6. The highest BCUT2D eigenvalue weighted by Gasteiger charge is 2.43. The number of imidazole rings is 2. The maximum absolute atomic E-state index is 15.1. The maximum atomic E-state index is 15.1. The smallest absolute Gasteiger partial charge is 0.329 e. The number of benzene rings is 4. The van der Waals surface area contributed by atoms with Crippen LogP contribution in [0.3, 0.4) is 0 Å². The lowest BCUT2D eigenvalue weighted by Crippen LogP contribution is -2.55. The van der Waals surface area contributed by atoms with Crippen molar-refractivity contribution in [1.82, 2.24) is 38.7 Å². The van der Waals surface area contributed by atoms with Gasteiger partial charge in [-0.25, -0.2) is 29.1 Å². The van der Waals surface area contributed by atoms with Crippen LogP contribution in [0.5, 0.6) is 0 Å². The normalized spacial score (nSPS) is 22.3. The molecule has 0 saturated carbocycles. The molecule has 4 aromatic carbocycles. The SMILES string of the molecule is CC(C)C[C@H]1C(=O)O[C@H](Cc2ccc(Cn3cnc4ccccc43)cc2)C(=O)N(C)[C@@H](CC(C)C)C(=O)O[C@H](C)C(=O)N(C)[C@@H](CC(C)C)C(=O)O[C@H](Cc2ccc(Cn3cnc4ccccc43)cc2)C(=O)N(C)[C@@H](CC(C)C)C(=O)O[C@H](C)C(=O)N1C. The third-order valence-electron chi connectivity index (χ3n) is 16.1. The molecular weight excluding hydrogens is 1120 g/mol. The topological polar surface area (TPSA) is 222 Å². The molecule has 472 valence electrons. The molecule has 0 N–H and O–H groups in total. The van der Waals surface area contributed by atoms with E-state index in [4.69, 9.17) is 18.9 Å². The molecule has 0 spiro atoms. The van der Waals surface area contributed by atoms with Gasteiger partial charge < -0.3 is 47.7 Å². The van der Waals surface area contributed by atoms with Crippen LogP contribution in [0.1, 0.15) is 117 Å². The third kappa shape index (κ3) is 17.0. The van der Waals surface area contributed by atoms with Gasteiger partial charge in [0, 0.05) is 54.1 Å². The molecule has 0 aliphatic carbocycles. The Morgan fingerprint density at radius 3 is 0.955 bits per heavy atom. The van der Waals surface area contributed by atoms with Crippen molar-refractivity contribution in [3.63, 3.8) is 0 Å². The highest BCUT2D eigenvalue weighted by molar-refractivity contribution is 5.94. The highest BCUT2D eigenvalue weighted by Crippen LogP contribution is 2.26. The van der Waals surface area contributed by atoms with Gasteiger partial charge in [0.15, 0.2) is 24.4 Å². The number of nitrogens with zero attached hydrogens (tertiary/aromatic N) is 8. The number of hydrogen-bond donors (Lipinski definition) is 0. The summed E-state index contributed by atoms with van der Waals surface area (Å²) in [5.74, 6) is -7.46. The summed E-state index contributed by atoms with van der Waals surface area (Å²) in [5, 5.41) is 0. The number of esters is 4. The molecular formula is C68H88N8O12. The first-order valence-corrected chi connectivity index (χ1v) is 30.5. The Balaban J connectivity index is 1.24. The van der Waals surface area contributed by atoms with Crippen LogP contribution in [0.4, 0.5) is 0 Å². The minimum Gasteiger partial charge on any atom is -0.451 e. The number of carbonyl (C=O) groups is 8. The summed E-state index contributed by atoms with van der Waals surface area (Å²) in [5.41, 5.74) is 6.72. The lowest BCUT2D eigenvalue weighted by molar-refractivity contribution is -0.176. The number of hydrogen-bond acceptors (Lipinski definition) is 14. The number of amides is 4. The van der Waals surface area contributed by atoms with Crippen molar-refractivity contribution in [3.05, 3.63) is 132 Å². The number of para-hydroxylation sites is 4. The van der Waals surface area contributed by atoms with E-state index < -0.39 is 96.1 Å². The largest absolute Gasteiger partial charge is 0.451 e. The first-order chi connectivity index (χ1) is 41.7. The molecule has 0 unspecified atom stereocenters. The Morgan fingerprint density at radius 1 is 0.375 bits per heavy atom. The molecule has 88 heavy (non-hydrogen) atoms. The quantitative estimate of drug-likeness (QED) is 0.0655. The lowest BCUT2D eigenvalue weighted by atomic mass is 9.99. The molecule has 3 heterocycles. The van der Waals surface area contributed by atoms with Gasteiger partial charge in [-0.15, -0.1) is 0 Å². The third-order valence-corrected chi connectivity index (χ3v) is 16.1. The minimum absolute atomic E-state index is 0.0780. The zero-order chi connectivity index (χ0) is 64.3. The number of fused-ring (bicyclic) bond motifs is 2. The fourth-order valence-corrected chi connectivity index (χ4v) is 11.1. The first kappa shape index (κ1) is 67.1. The molecule has 8 atom stereocenters. The second-order valence-corrected chi connectivity index (χ2v) is 25.2. The average Bonchev–Trinajstić information content (AvgIpc) is 4.18. The van der Waals surface area contributed by atoms with Gasteiger partial charge in [0.2, 0.25) is 0 Å². The standard InChI is InChI=1S/C68H88N8O12/c1-41(2)31-55-65(81)85-45(9)61(77)71(11)58(34-44(7)8)68(84)88-60(36-48-25-29-50(30-26-48)38-76-40-70-52-20-16-18-22-54(52)76)64(80)74(14)56(32-42(3)4)66(82)86-46(10)62(78)72(12)57(33-43(5)6)67(83)87-59(63(79)73(55)13)35-47-23-27-49(28-24-47)37-75-39-69-51-19-15-17-21-53(51)75/h15-30,39-46,55-60H,31-38H2,1-14H3/t45-,46-,55+,56+,57+,58+,59-,60-/m1/s1. The van der Waals surface area contributed by atoms with Crippen LogP contribution >= 0.6 is 0 Å². The van der Waals surface area contributed by atoms with E-state index in [-0.39, 0.29) is 62.2 Å². The second kappa shape index (κ2) is 30.0. The Kier molecular flexibility index (Phi) is 22.9. The van der Waals surface area contributed by atoms with E-state index in [1.54, 1.807) is 12.7 Å². The number of ether oxygens (including phenoxy) is 4. The predicted molar refractivity (Wildman–Crippen MR) is 333 cm³/mol. The lowest BCUT2D eigenvalue weighted by Gasteiger charge is -2.35. The van der Waals surface area contributed by atoms with E-state index in [9.17, 15) is 28.8 Å². The molecule has 20 heteroatoms. The van der Waals surface area contributed by atoms with Gasteiger partial charge in [-0.1, -0.05) is 128 Å². The summed E-state index contributed by atoms with van der Waals surface area (Å²) in [6, 6.07) is 25.3. The summed E-state index contributed by atoms with van der Waals surface area (Å²) in [6.07, 6.45) is -2.50. The van der Waals surface area contributed by atoms with E-state index in [2.05, 4.69) is 9.97 Å². The zero-order valence-corrected chi connectivity index (χ0v) is 53.5. The van der Waals surface area contributed by atoms with Gasteiger partial charge in [-0.3, -0.25) is 19.2 Å². The summed E-state index contributed by atoms with van der Waals surface area (Å²) in [4.78, 5) is 132. The van der Waals surface area contributed by atoms with E-state index in [0.29, 0.717) is 24.2 Å². The van der Waals surface area contributed by atoms with Gasteiger partial charge in [-0.2, -0.15) is 0 Å². The van der Waals surface area contributed by atoms with Crippen LogP contribution in [0.25, 0.3) is 22.1 Å². The molecule has 0 bridgehead atoms. The molecule has 20 nitrogen and oxygen atoms in total. The van der Waals surface area contributed by atoms with E-state index in [0.717, 1.165) is 43.0 Å².